The lowest BCUT2D eigenvalue weighted by Crippen LogP contribution is -2.37. The molecule has 3 aromatic rings. The van der Waals surface area contributed by atoms with Gasteiger partial charge in [0.2, 0.25) is 5.76 Å². The maximum absolute atomic E-state index is 12.9. The van der Waals surface area contributed by atoms with E-state index in [0.29, 0.717) is 17.4 Å². The van der Waals surface area contributed by atoms with Crippen LogP contribution in [0.2, 0.25) is 0 Å². The highest BCUT2D eigenvalue weighted by Crippen LogP contribution is 2.30. The number of hydrogen-bond donors (Lipinski definition) is 0. The number of para-hydroxylation sites is 1. The van der Waals surface area contributed by atoms with Crippen LogP contribution in [-0.4, -0.2) is 35.3 Å². The summed E-state index contributed by atoms with van der Waals surface area (Å²) in [6, 6.07) is 9.51. The fourth-order valence-electron chi connectivity index (χ4n) is 2.81. The van der Waals surface area contributed by atoms with Gasteiger partial charge in [0.1, 0.15) is 0 Å². The van der Waals surface area contributed by atoms with E-state index in [2.05, 4.69) is 10.1 Å². The Morgan fingerprint density at radius 1 is 1.42 bits per heavy atom. The van der Waals surface area contributed by atoms with Crippen LogP contribution in [0.4, 0.5) is 5.13 Å². The SMILES string of the molecule is Cc1cc(C(=O)N(C[C@@H]2CCCO2)c2nc3ccccc3s2)on1. The van der Waals surface area contributed by atoms with Crippen LogP contribution < -0.4 is 4.90 Å². The topological polar surface area (TPSA) is 68.5 Å². The summed E-state index contributed by atoms with van der Waals surface area (Å²) in [4.78, 5) is 19.2. The summed E-state index contributed by atoms with van der Waals surface area (Å²) >= 11 is 1.49. The van der Waals surface area contributed by atoms with Crippen molar-refractivity contribution in [2.75, 3.05) is 18.1 Å². The molecule has 1 atom stereocenters. The van der Waals surface area contributed by atoms with Gasteiger partial charge in [-0.1, -0.05) is 28.6 Å². The highest BCUT2D eigenvalue weighted by molar-refractivity contribution is 7.22. The van der Waals surface area contributed by atoms with Crippen molar-refractivity contribution in [1.82, 2.24) is 10.1 Å². The summed E-state index contributed by atoms with van der Waals surface area (Å²) in [6.45, 7) is 3.01. The molecule has 0 saturated carbocycles. The molecule has 1 aliphatic heterocycles. The van der Waals surface area contributed by atoms with Crippen molar-refractivity contribution < 1.29 is 14.1 Å². The van der Waals surface area contributed by atoms with E-state index in [1.54, 1.807) is 17.9 Å². The van der Waals surface area contributed by atoms with Crippen molar-refractivity contribution in [1.29, 1.82) is 0 Å². The van der Waals surface area contributed by atoms with Gasteiger partial charge in [-0.05, 0) is 31.9 Å². The molecular weight excluding hydrogens is 326 g/mol. The normalized spacial score (nSPS) is 17.5. The molecule has 6 nitrogen and oxygen atoms in total. The van der Waals surface area contributed by atoms with Gasteiger partial charge in [0.05, 0.1) is 28.6 Å². The van der Waals surface area contributed by atoms with Gasteiger partial charge in [0, 0.05) is 12.7 Å². The minimum atomic E-state index is -0.231. The van der Waals surface area contributed by atoms with Crippen LogP contribution in [-0.2, 0) is 4.74 Å². The zero-order chi connectivity index (χ0) is 16.5. The predicted octanol–water partition coefficient (Wildman–Crippen LogP) is 3.42. The van der Waals surface area contributed by atoms with E-state index in [1.807, 2.05) is 24.3 Å². The zero-order valence-corrected chi connectivity index (χ0v) is 14.1. The number of anilines is 1. The lowest BCUT2D eigenvalue weighted by molar-refractivity contribution is 0.0887. The molecule has 1 saturated heterocycles. The molecule has 4 rings (SSSR count). The van der Waals surface area contributed by atoms with Gasteiger partial charge in [-0.3, -0.25) is 9.69 Å². The molecule has 2 aromatic heterocycles. The molecule has 7 heteroatoms. The quantitative estimate of drug-likeness (QED) is 0.726. The maximum atomic E-state index is 12.9. The van der Waals surface area contributed by atoms with Gasteiger partial charge in [0.25, 0.3) is 5.91 Å². The van der Waals surface area contributed by atoms with Gasteiger partial charge in [-0.15, -0.1) is 0 Å². The zero-order valence-electron chi connectivity index (χ0n) is 13.3. The number of carbonyl (C=O) groups is 1. The molecule has 24 heavy (non-hydrogen) atoms. The third kappa shape index (κ3) is 2.92. The van der Waals surface area contributed by atoms with Crippen LogP contribution in [0.25, 0.3) is 10.2 Å². The minimum Gasteiger partial charge on any atom is -0.376 e. The largest absolute Gasteiger partial charge is 0.376 e. The molecule has 0 bridgehead atoms. The maximum Gasteiger partial charge on any atom is 0.298 e. The first-order chi connectivity index (χ1) is 11.7. The summed E-state index contributed by atoms with van der Waals surface area (Å²) in [6.07, 6.45) is 2.00. The molecule has 3 heterocycles. The monoisotopic (exact) mass is 343 g/mol. The van der Waals surface area contributed by atoms with Crippen molar-refractivity contribution in [3.63, 3.8) is 0 Å². The first kappa shape index (κ1) is 15.3. The van der Waals surface area contributed by atoms with Crippen molar-refractivity contribution in [2.45, 2.75) is 25.9 Å². The number of benzene rings is 1. The van der Waals surface area contributed by atoms with Crippen LogP contribution in [0.1, 0.15) is 29.1 Å². The lowest BCUT2D eigenvalue weighted by Gasteiger charge is -2.21. The van der Waals surface area contributed by atoms with Crippen LogP contribution in [0.15, 0.2) is 34.9 Å². The van der Waals surface area contributed by atoms with Gasteiger partial charge in [-0.2, -0.15) is 0 Å². The third-order valence-electron chi connectivity index (χ3n) is 4.01. The Morgan fingerprint density at radius 3 is 3.00 bits per heavy atom. The molecule has 1 fully saturated rings. The summed E-state index contributed by atoms with van der Waals surface area (Å²) < 4.78 is 11.9. The Labute approximate surface area is 143 Å². The second-order valence-electron chi connectivity index (χ2n) is 5.85. The van der Waals surface area contributed by atoms with Crippen LogP contribution in [0, 0.1) is 6.92 Å². The highest BCUT2D eigenvalue weighted by atomic mass is 32.1. The Bertz CT molecular complexity index is 834. The summed E-state index contributed by atoms with van der Waals surface area (Å²) in [7, 11) is 0. The first-order valence-electron chi connectivity index (χ1n) is 7.93. The minimum absolute atomic E-state index is 0.0324. The Balaban J connectivity index is 1.69. The van der Waals surface area contributed by atoms with Crippen molar-refractivity contribution >= 4 is 32.6 Å². The van der Waals surface area contributed by atoms with E-state index in [4.69, 9.17) is 9.26 Å². The van der Waals surface area contributed by atoms with E-state index >= 15 is 0 Å². The number of nitrogens with zero attached hydrogens (tertiary/aromatic N) is 3. The number of aryl methyl sites for hydroxylation is 1. The average molecular weight is 343 g/mol. The number of aromatic nitrogens is 2. The molecule has 0 aliphatic carbocycles. The number of fused-ring (bicyclic) bond motifs is 1. The lowest BCUT2D eigenvalue weighted by atomic mass is 10.2. The summed E-state index contributed by atoms with van der Waals surface area (Å²) in [5.74, 6) is -0.00471. The summed E-state index contributed by atoms with van der Waals surface area (Å²) in [5.41, 5.74) is 1.57. The third-order valence-corrected chi connectivity index (χ3v) is 5.07. The molecule has 1 amide bonds. The molecule has 0 N–H and O–H groups in total. The van der Waals surface area contributed by atoms with Gasteiger partial charge >= 0.3 is 0 Å². The van der Waals surface area contributed by atoms with Gasteiger partial charge in [-0.25, -0.2) is 4.98 Å². The highest BCUT2D eigenvalue weighted by Gasteiger charge is 2.29. The predicted molar refractivity (Wildman–Crippen MR) is 91.5 cm³/mol. The number of amides is 1. The second kappa shape index (κ2) is 6.33. The molecule has 1 aliphatic rings. The molecule has 0 radical (unpaired) electrons. The fraction of sp³-hybridized carbons (Fsp3) is 0.353. The number of ether oxygens (including phenoxy) is 1. The van der Waals surface area contributed by atoms with E-state index in [1.165, 1.54) is 11.3 Å². The number of rotatable bonds is 4. The van der Waals surface area contributed by atoms with Crippen LogP contribution in [0.3, 0.4) is 0 Å². The van der Waals surface area contributed by atoms with Gasteiger partial charge in [0.15, 0.2) is 5.13 Å². The average Bonchev–Trinajstić information content (AvgIpc) is 3.32. The van der Waals surface area contributed by atoms with E-state index in [-0.39, 0.29) is 17.8 Å². The smallest absolute Gasteiger partial charge is 0.298 e. The summed E-state index contributed by atoms with van der Waals surface area (Å²) in [5, 5.41) is 4.48. The van der Waals surface area contributed by atoms with Crippen molar-refractivity contribution in [3.05, 3.63) is 41.8 Å². The molecule has 0 spiro atoms. The molecule has 0 unspecified atom stereocenters. The Kier molecular flexibility index (Phi) is 4.03. The number of thiazole rings is 1. The Morgan fingerprint density at radius 2 is 2.29 bits per heavy atom. The fourth-order valence-corrected chi connectivity index (χ4v) is 3.79. The van der Waals surface area contributed by atoms with E-state index < -0.39 is 0 Å². The van der Waals surface area contributed by atoms with Crippen molar-refractivity contribution in [2.24, 2.45) is 0 Å². The number of hydrogen-bond acceptors (Lipinski definition) is 6. The van der Waals surface area contributed by atoms with Crippen LogP contribution >= 0.6 is 11.3 Å². The molecular formula is C17H17N3O3S. The second-order valence-corrected chi connectivity index (χ2v) is 6.86. The first-order valence-corrected chi connectivity index (χ1v) is 8.75. The van der Waals surface area contributed by atoms with Crippen LogP contribution in [0.5, 0.6) is 0 Å². The Hall–Kier alpha value is -2.25. The van der Waals surface area contributed by atoms with Gasteiger partial charge < -0.3 is 9.26 Å². The number of carbonyl (C=O) groups excluding carboxylic acids is 1. The molecule has 1 aromatic carbocycles. The molecule has 124 valence electrons. The van der Waals surface area contributed by atoms with Crippen molar-refractivity contribution in [3.8, 4) is 0 Å². The van der Waals surface area contributed by atoms with E-state index in [9.17, 15) is 4.79 Å². The van der Waals surface area contributed by atoms with E-state index in [0.717, 1.165) is 29.7 Å². The standard InChI is InChI=1S/C17H17N3O3S/c1-11-9-14(23-19-11)16(21)20(10-12-5-4-8-22-12)17-18-13-6-2-3-7-15(13)24-17/h2-3,6-7,9,12H,4-5,8,10H2,1H3/t12-/m0/s1.